The molecule has 1 saturated carbocycles. The SMILES string of the molecule is CCOc1c(OCC[Si](C)(C)C)n(COCC[Si](C)(C)C)c2c1c(C1CCC(OC)(C(=O)OC)CC1)nc1c(-c3ccc(-c4ccccc4)nc3)cnn12. The Labute approximate surface area is 321 Å². The van der Waals surface area contributed by atoms with Crippen LogP contribution in [0, 0.1) is 0 Å². The van der Waals surface area contributed by atoms with Gasteiger partial charge >= 0.3 is 5.97 Å². The van der Waals surface area contributed by atoms with Crippen molar-refractivity contribution in [2.45, 2.75) is 102 Å². The van der Waals surface area contributed by atoms with Crippen molar-refractivity contribution in [3.05, 3.63) is 60.6 Å². The molecule has 11 nitrogen and oxygen atoms in total. The number of benzene rings is 1. The van der Waals surface area contributed by atoms with Crippen molar-refractivity contribution in [2.75, 3.05) is 34.0 Å². The number of hydrogen-bond donors (Lipinski definition) is 0. The zero-order chi connectivity index (χ0) is 38.7. The molecule has 0 unspecified atom stereocenters. The predicted molar refractivity (Wildman–Crippen MR) is 219 cm³/mol. The molecule has 0 bridgehead atoms. The minimum absolute atomic E-state index is 0.00413. The van der Waals surface area contributed by atoms with Crippen LogP contribution in [0.3, 0.4) is 0 Å². The van der Waals surface area contributed by atoms with Gasteiger partial charge in [-0.3, -0.25) is 9.55 Å². The maximum absolute atomic E-state index is 12.9. The van der Waals surface area contributed by atoms with E-state index in [0.717, 1.165) is 51.2 Å². The number of pyridine rings is 1. The number of carbonyl (C=O) groups excluding carboxylic acids is 1. The van der Waals surface area contributed by atoms with Crippen molar-refractivity contribution < 1.29 is 28.5 Å². The van der Waals surface area contributed by atoms with E-state index in [4.69, 9.17) is 38.8 Å². The molecule has 290 valence electrons. The average Bonchev–Trinajstić information content (AvgIpc) is 3.71. The lowest BCUT2D eigenvalue weighted by Crippen LogP contribution is -2.44. The first kappa shape index (κ1) is 39.6. The maximum Gasteiger partial charge on any atom is 0.338 e. The highest BCUT2D eigenvalue weighted by molar-refractivity contribution is 6.76. The van der Waals surface area contributed by atoms with Crippen LogP contribution < -0.4 is 9.47 Å². The number of esters is 1. The Bertz CT molecular complexity index is 2040. The summed E-state index contributed by atoms with van der Waals surface area (Å²) in [7, 11) is 0.262. The number of fused-ring (bicyclic) bond motifs is 3. The Balaban J connectivity index is 1.54. The van der Waals surface area contributed by atoms with Crippen LogP contribution in [0.5, 0.6) is 11.6 Å². The van der Waals surface area contributed by atoms with Gasteiger partial charge in [0.1, 0.15) is 6.73 Å². The van der Waals surface area contributed by atoms with Gasteiger partial charge in [-0.15, -0.1) is 0 Å². The quantitative estimate of drug-likeness (QED) is 0.0551. The summed E-state index contributed by atoms with van der Waals surface area (Å²) in [5.74, 6) is 0.959. The molecule has 0 atom stereocenters. The first-order chi connectivity index (χ1) is 25.8. The molecule has 0 N–H and O–H groups in total. The van der Waals surface area contributed by atoms with E-state index in [1.165, 1.54) is 7.11 Å². The molecule has 1 fully saturated rings. The van der Waals surface area contributed by atoms with Gasteiger partial charge in [0.05, 0.1) is 43.3 Å². The van der Waals surface area contributed by atoms with E-state index in [2.05, 4.69) is 62.0 Å². The summed E-state index contributed by atoms with van der Waals surface area (Å²) in [5.41, 5.74) is 5.16. The van der Waals surface area contributed by atoms with E-state index in [1.807, 2.05) is 48.1 Å². The molecule has 1 aliphatic rings. The van der Waals surface area contributed by atoms with Crippen molar-refractivity contribution in [1.82, 2.24) is 24.1 Å². The van der Waals surface area contributed by atoms with Gasteiger partial charge in [-0.1, -0.05) is 75.7 Å². The molecule has 1 aliphatic carbocycles. The number of ether oxygens (including phenoxy) is 5. The largest absolute Gasteiger partial charge is 0.488 e. The lowest BCUT2D eigenvalue weighted by atomic mass is 9.76. The van der Waals surface area contributed by atoms with Crippen LogP contribution in [0.4, 0.5) is 0 Å². The minimum Gasteiger partial charge on any atom is -0.488 e. The van der Waals surface area contributed by atoms with Crippen LogP contribution in [-0.4, -0.2) is 85.9 Å². The van der Waals surface area contributed by atoms with Gasteiger partial charge in [-0.05, 0) is 50.8 Å². The molecule has 0 aliphatic heterocycles. The number of methoxy groups -OCH3 is 2. The van der Waals surface area contributed by atoms with Gasteiger partial charge in [0, 0.05) is 58.7 Å². The third kappa shape index (κ3) is 8.44. The third-order valence-electron chi connectivity index (χ3n) is 10.4. The third-order valence-corrected chi connectivity index (χ3v) is 13.8. The molecule has 0 saturated heterocycles. The second kappa shape index (κ2) is 16.4. The summed E-state index contributed by atoms with van der Waals surface area (Å²) in [4.78, 5) is 23.3. The lowest BCUT2D eigenvalue weighted by Gasteiger charge is -2.36. The topological polar surface area (TPSA) is 111 Å². The summed E-state index contributed by atoms with van der Waals surface area (Å²) < 4.78 is 34.8. The smallest absolute Gasteiger partial charge is 0.338 e. The van der Waals surface area contributed by atoms with Gasteiger partial charge in [0.2, 0.25) is 5.88 Å². The second-order valence-electron chi connectivity index (χ2n) is 16.8. The molecule has 13 heteroatoms. The Morgan fingerprint density at radius 2 is 1.59 bits per heavy atom. The number of carbonyl (C=O) groups is 1. The van der Waals surface area contributed by atoms with Crippen LogP contribution in [0.1, 0.15) is 44.2 Å². The van der Waals surface area contributed by atoms with Crippen LogP contribution in [0.25, 0.3) is 39.1 Å². The molecule has 0 amide bonds. The Morgan fingerprint density at radius 3 is 2.20 bits per heavy atom. The first-order valence-electron chi connectivity index (χ1n) is 19.2. The number of aromatic nitrogens is 5. The number of hydrogen-bond acceptors (Lipinski definition) is 9. The standard InChI is InChI=1S/C41H57N5O6Si2/c1-10-51-36-34-35(30-18-20-41(49-3,21-19-30)40(47)48-2)44-37-32(31-16-17-33(42-26-31)29-14-12-11-13-15-29)27-43-46(37)38(34)45(28-50-22-24-53(4,5)6)39(36)52-23-25-54(7,8)9/h11-17,26-27,30H,10,18-25,28H2,1-9H3. The maximum atomic E-state index is 12.9. The molecule has 1 aromatic carbocycles. The highest BCUT2D eigenvalue weighted by Gasteiger charge is 2.45. The molecule has 0 radical (unpaired) electrons. The minimum atomic E-state index is -1.41. The summed E-state index contributed by atoms with van der Waals surface area (Å²) >= 11 is 0. The van der Waals surface area contributed by atoms with Crippen LogP contribution in [0.15, 0.2) is 54.9 Å². The first-order valence-corrected chi connectivity index (χ1v) is 26.6. The van der Waals surface area contributed by atoms with Crippen LogP contribution in [0.2, 0.25) is 51.4 Å². The fraction of sp³-hybridized carbons (Fsp3) is 0.512. The Kier molecular flexibility index (Phi) is 12.0. The van der Waals surface area contributed by atoms with E-state index < -0.39 is 21.7 Å². The van der Waals surface area contributed by atoms with E-state index >= 15 is 0 Å². The fourth-order valence-electron chi connectivity index (χ4n) is 7.18. The van der Waals surface area contributed by atoms with Gasteiger partial charge < -0.3 is 23.7 Å². The molecule has 4 aromatic heterocycles. The number of rotatable bonds is 16. The van der Waals surface area contributed by atoms with E-state index in [1.54, 1.807) is 7.11 Å². The van der Waals surface area contributed by atoms with Gasteiger partial charge in [0.15, 0.2) is 22.6 Å². The summed E-state index contributed by atoms with van der Waals surface area (Å²) in [6, 6.07) is 16.3. The zero-order valence-corrected chi connectivity index (χ0v) is 35.5. The molecular formula is C41H57N5O6Si2. The van der Waals surface area contributed by atoms with E-state index in [-0.39, 0.29) is 18.6 Å². The fourth-order valence-corrected chi connectivity index (χ4v) is 8.66. The molecule has 54 heavy (non-hydrogen) atoms. The van der Waals surface area contributed by atoms with Gasteiger partial charge in [0.25, 0.3) is 0 Å². The second-order valence-corrected chi connectivity index (χ2v) is 28.0. The van der Waals surface area contributed by atoms with Crippen molar-refractivity contribution in [3.63, 3.8) is 0 Å². The average molecular weight is 772 g/mol. The summed E-state index contributed by atoms with van der Waals surface area (Å²) in [6.45, 7) is 18.1. The molecule has 5 aromatic rings. The monoisotopic (exact) mass is 771 g/mol. The summed E-state index contributed by atoms with van der Waals surface area (Å²) in [6.07, 6.45) is 6.13. The highest BCUT2D eigenvalue weighted by atomic mass is 28.3. The van der Waals surface area contributed by atoms with Gasteiger partial charge in [-0.2, -0.15) is 9.61 Å². The Morgan fingerprint density at radius 1 is 0.889 bits per heavy atom. The van der Waals surface area contributed by atoms with Gasteiger partial charge in [-0.25, -0.2) is 9.78 Å². The van der Waals surface area contributed by atoms with Crippen molar-refractivity contribution in [1.29, 1.82) is 0 Å². The van der Waals surface area contributed by atoms with Crippen molar-refractivity contribution >= 4 is 38.8 Å². The van der Waals surface area contributed by atoms with Crippen LogP contribution >= 0.6 is 0 Å². The molecule has 6 rings (SSSR count). The Hall–Kier alpha value is -4.05. The normalized spacial score (nSPS) is 18.0. The van der Waals surface area contributed by atoms with Crippen LogP contribution in [-0.2, 0) is 25.7 Å². The molecular weight excluding hydrogens is 715 g/mol. The zero-order valence-electron chi connectivity index (χ0n) is 33.5. The molecule has 4 heterocycles. The van der Waals surface area contributed by atoms with Crippen molar-refractivity contribution in [3.8, 4) is 34.0 Å². The highest BCUT2D eigenvalue weighted by Crippen LogP contribution is 2.48. The molecule has 0 spiro atoms. The van der Waals surface area contributed by atoms with E-state index in [0.29, 0.717) is 62.8 Å². The predicted octanol–water partition coefficient (Wildman–Crippen LogP) is 9.06. The summed E-state index contributed by atoms with van der Waals surface area (Å²) in [5, 5.41) is 5.86. The number of nitrogens with zero attached hydrogens (tertiary/aromatic N) is 5. The van der Waals surface area contributed by atoms with E-state index in [9.17, 15) is 4.79 Å². The lowest BCUT2D eigenvalue weighted by molar-refractivity contribution is -0.170. The van der Waals surface area contributed by atoms with Crippen molar-refractivity contribution in [2.24, 2.45) is 0 Å².